The van der Waals surface area contributed by atoms with Crippen LogP contribution in [0.15, 0.2) is 24.7 Å². The highest BCUT2D eigenvalue weighted by atomic mass is 35.5. The summed E-state index contributed by atoms with van der Waals surface area (Å²) in [6, 6.07) is 3.70. The number of aromatic nitrogens is 3. The SMILES string of the molecule is CC(C)(C)N(C(=O)O)C(C)(C)C.COC(=O)c1ccc2c(-c3ncnc(N)c3Cl)cn(C)c2c1CC(C)C. The Morgan fingerprint density at radius 1 is 1.13 bits per heavy atom. The van der Waals surface area contributed by atoms with Gasteiger partial charge in [-0.25, -0.2) is 19.6 Å². The maximum atomic E-state index is 12.3. The summed E-state index contributed by atoms with van der Waals surface area (Å²) < 4.78 is 6.96. The Hall–Kier alpha value is -3.33. The Bertz CT molecular complexity index is 1310. The fourth-order valence-corrected chi connectivity index (χ4v) is 5.04. The number of aryl methyl sites for hydroxylation is 1. The number of ether oxygens (including phenoxy) is 1. The molecule has 2 heterocycles. The molecule has 1 amide bonds. The number of nitrogens with two attached hydrogens (primary N) is 1. The second-order valence-corrected chi connectivity index (χ2v) is 12.0. The van der Waals surface area contributed by atoms with Gasteiger partial charge in [0.2, 0.25) is 0 Å². The van der Waals surface area contributed by atoms with Crippen molar-refractivity contribution in [1.29, 1.82) is 0 Å². The smallest absolute Gasteiger partial charge is 0.408 e. The predicted molar refractivity (Wildman–Crippen MR) is 153 cm³/mol. The number of carboxylic acid groups (broad SMARTS) is 1. The molecule has 0 aliphatic carbocycles. The summed E-state index contributed by atoms with van der Waals surface area (Å²) in [5.74, 6) is 0.275. The molecule has 3 rings (SSSR count). The standard InChI is InChI=1S/C19H21ClN4O2.C9H19NO2/c1-10(2)7-13-12(19(25)26-4)6-5-11-14(8-24(3)17(11)13)16-15(20)18(21)23-9-22-16;1-8(2,3)10(7(11)12)9(4,5)6/h5-6,8-10H,7H2,1-4H3,(H2,21,22,23);1-6H3,(H,11,12). The number of fused-ring (bicyclic) bond motifs is 1. The molecule has 38 heavy (non-hydrogen) atoms. The van der Waals surface area contributed by atoms with Crippen molar-refractivity contribution in [2.45, 2.75) is 72.9 Å². The van der Waals surface area contributed by atoms with Gasteiger partial charge in [0.25, 0.3) is 0 Å². The zero-order chi connectivity index (χ0) is 29.2. The van der Waals surface area contributed by atoms with Crippen molar-refractivity contribution in [2.75, 3.05) is 12.8 Å². The number of carbonyl (C=O) groups is 2. The number of nitrogen functional groups attached to an aromatic ring is 1. The number of anilines is 1. The number of amides is 1. The van der Waals surface area contributed by atoms with E-state index in [9.17, 15) is 9.59 Å². The number of esters is 1. The second-order valence-electron chi connectivity index (χ2n) is 11.6. The van der Waals surface area contributed by atoms with Crippen molar-refractivity contribution in [1.82, 2.24) is 19.4 Å². The Morgan fingerprint density at radius 3 is 2.16 bits per heavy atom. The first-order valence-corrected chi connectivity index (χ1v) is 12.8. The molecule has 0 aliphatic heterocycles. The molecule has 0 atom stereocenters. The second kappa shape index (κ2) is 11.6. The Kier molecular flexibility index (Phi) is 9.43. The van der Waals surface area contributed by atoms with Gasteiger partial charge in [-0.05, 0) is 65.5 Å². The van der Waals surface area contributed by atoms with Crippen LogP contribution in [0.4, 0.5) is 10.6 Å². The van der Waals surface area contributed by atoms with Crippen molar-refractivity contribution in [3.8, 4) is 11.3 Å². The largest absolute Gasteiger partial charge is 0.465 e. The first kappa shape index (κ1) is 30.9. The molecule has 0 bridgehead atoms. The van der Waals surface area contributed by atoms with E-state index >= 15 is 0 Å². The average molecular weight is 546 g/mol. The Balaban J connectivity index is 0.000000358. The number of carbonyl (C=O) groups excluding carboxylic acids is 1. The van der Waals surface area contributed by atoms with Crippen LogP contribution < -0.4 is 5.73 Å². The number of rotatable bonds is 4. The van der Waals surface area contributed by atoms with Crippen LogP contribution in [0, 0.1) is 5.92 Å². The van der Waals surface area contributed by atoms with Gasteiger partial charge < -0.3 is 20.1 Å². The molecule has 208 valence electrons. The van der Waals surface area contributed by atoms with Gasteiger partial charge in [-0.3, -0.25) is 4.90 Å². The van der Waals surface area contributed by atoms with Crippen LogP contribution in [0.2, 0.25) is 5.02 Å². The lowest BCUT2D eigenvalue weighted by Crippen LogP contribution is -2.55. The molecule has 0 radical (unpaired) electrons. The quantitative estimate of drug-likeness (QED) is 0.362. The lowest BCUT2D eigenvalue weighted by molar-refractivity contribution is 0.0419. The minimum atomic E-state index is -0.866. The van der Waals surface area contributed by atoms with Gasteiger partial charge in [-0.15, -0.1) is 0 Å². The topological polar surface area (TPSA) is 124 Å². The summed E-state index contributed by atoms with van der Waals surface area (Å²) in [5.41, 5.74) is 9.07. The van der Waals surface area contributed by atoms with Crippen LogP contribution in [0.3, 0.4) is 0 Å². The minimum Gasteiger partial charge on any atom is -0.465 e. The zero-order valence-electron chi connectivity index (χ0n) is 24.0. The van der Waals surface area contributed by atoms with Gasteiger partial charge in [0.1, 0.15) is 17.2 Å². The molecule has 2 aromatic heterocycles. The van der Waals surface area contributed by atoms with Crippen molar-refractivity contribution in [2.24, 2.45) is 13.0 Å². The zero-order valence-corrected chi connectivity index (χ0v) is 24.8. The third kappa shape index (κ3) is 6.75. The fraction of sp³-hybridized carbons (Fsp3) is 0.500. The van der Waals surface area contributed by atoms with Crippen LogP contribution in [0.1, 0.15) is 71.3 Å². The summed E-state index contributed by atoms with van der Waals surface area (Å²) in [5, 5.41) is 10.2. The van der Waals surface area contributed by atoms with E-state index < -0.39 is 6.09 Å². The normalized spacial score (nSPS) is 11.8. The van der Waals surface area contributed by atoms with Crippen molar-refractivity contribution >= 4 is 40.4 Å². The molecular weight excluding hydrogens is 506 g/mol. The molecule has 10 heteroatoms. The number of hydrogen-bond acceptors (Lipinski definition) is 6. The highest BCUT2D eigenvalue weighted by molar-refractivity contribution is 6.35. The summed E-state index contributed by atoms with van der Waals surface area (Å²) in [4.78, 5) is 32.9. The Labute approximate surface area is 230 Å². The average Bonchev–Trinajstić information content (AvgIpc) is 3.09. The Morgan fingerprint density at radius 2 is 1.71 bits per heavy atom. The van der Waals surface area contributed by atoms with E-state index in [-0.39, 0.29) is 22.9 Å². The monoisotopic (exact) mass is 545 g/mol. The minimum absolute atomic E-state index is 0.238. The highest BCUT2D eigenvalue weighted by Gasteiger charge is 2.35. The number of nitrogens with zero attached hydrogens (tertiary/aromatic N) is 4. The number of benzene rings is 1. The van der Waals surface area contributed by atoms with Gasteiger partial charge in [-0.1, -0.05) is 31.5 Å². The van der Waals surface area contributed by atoms with E-state index in [1.807, 2.05) is 65.4 Å². The van der Waals surface area contributed by atoms with Crippen molar-refractivity contribution in [3.63, 3.8) is 0 Å². The van der Waals surface area contributed by atoms with E-state index in [0.717, 1.165) is 28.5 Å². The highest BCUT2D eigenvalue weighted by Crippen LogP contribution is 2.37. The molecule has 0 saturated carbocycles. The fourth-order valence-electron chi connectivity index (χ4n) is 4.84. The molecule has 3 aromatic rings. The van der Waals surface area contributed by atoms with Gasteiger partial charge >= 0.3 is 12.1 Å². The molecule has 0 fully saturated rings. The summed E-state index contributed by atoms with van der Waals surface area (Å²) in [6.45, 7) is 15.6. The molecule has 3 N–H and O–H groups in total. The number of hydrogen-bond donors (Lipinski definition) is 2. The first-order valence-electron chi connectivity index (χ1n) is 12.4. The lowest BCUT2D eigenvalue weighted by Gasteiger charge is -2.43. The lowest BCUT2D eigenvalue weighted by atomic mass is 9.94. The summed E-state index contributed by atoms with van der Waals surface area (Å²) >= 11 is 6.33. The first-order chi connectivity index (χ1) is 17.4. The number of halogens is 1. The van der Waals surface area contributed by atoms with E-state index in [0.29, 0.717) is 22.2 Å². The van der Waals surface area contributed by atoms with Gasteiger partial charge in [0.05, 0.1) is 23.9 Å². The molecule has 9 nitrogen and oxygen atoms in total. The third-order valence-corrected chi connectivity index (χ3v) is 6.24. The van der Waals surface area contributed by atoms with Crippen molar-refractivity contribution < 1.29 is 19.4 Å². The van der Waals surface area contributed by atoms with E-state index in [2.05, 4.69) is 23.8 Å². The van der Waals surface area contributed by atoms with Crippen LogP contribution in [-0.2, 0) is 18.2 Å². The molecule has 0 spiro atoms. The van der Waals surface area contributed by atoms with Gasteiger partial charge in [0.15, 0.2) is 0 Å². The van der Waals surface area contributed by atoms with Crippen molar-refractivity contribution in [3.05, 3.63) is 40.8 Å². The maximum Gasteiger partial charge on any atom is 0.408 e. The van der Waals surface area contributed by atoms with Crippen LogP contribution in [-0.4, -0.2) is 54.8 Å². The summed E-state index contributed by atoms with van der Waals surface area (Å²) in [7, 11) is 3.33. The predicted octanol–water partition coefficient (Wildman–Crippen LogP) is 6.42. The van der Waals surface area contributed by atoms with Crippen LogP contribution in [0.25, 0.3) is 22.2 Å². The van der Waals surface area contributed by atoms with E-state index in [4.69, 9.17) is 27.2 Å². The maximum absolute atomic E-state index is 12.3. The molecular formula is C28H40ClN5O4. The molecule has 0 unspecified atom stereocenters. The number of methoxy groups -OCH3 is 1. The van der Waals surface area contributed by atoms with Crippen LogP contribution in [0.5, 0.6) is 0 Å². The van der Waals surface area contributed by atoms with E-state index in [1.54, 1.807) is 6.07 Å². The van der Waals surface area contributed by atoms with Gasteiger partial charge in [0, 0.05) is 35.3 Å². The van der Waals surface area contributed by atoms with E-state index in [1.165, 1.54) is 18.3 Å². The van der Waals surface area contributed by atoms with Gasteiger partial charge in [-0.2, -0.15) is 0 Å². The summed E-state index contributed by atoms with van der Waals surface area (Å²) in [6.07, 6.45) is 3.23. The third-order valence-electron chi connectivity index (χ3n) is 5.87. The van der Waals surface area contributed by atoms with Crippen LogP contribution >= 0.6 is 11.6 Å². The molecule has 0 saturated heterocycles. The molecule has 1 aromatic carbocycles. The molecule has 0 aliphatic rings.